The van der Waals surface area contributed by atoms with Gasteiger partial charge in [-0.15, -0.1) is 0 Å². The third kappa shape index (κ3) is 10.1. The average molecular weight is 423 g/mol. The third-order valence-corrected chi connectivity index (χ3v) is 3.69. The number of halogens is 1. The van der Waals surface area contributed by atoms with Crippen LogP contribution in [0.2, 0.25) is 5.02 Å². The molecule has 2 N–H and O–H groups in total. The fourth-order valence-electron chi connectivity index (χ4n) is 2.01. The second-order valence-electron chi connectivity index (χ2n) is 6.23. The molecule has 145 valence electrons. The Morgan fingerprint density at radius 2 is 2.00 bits per heavy atom. The SMILES string of the molecule is Cc1cc(Cl)ccc1OCC(=O)OC(CO)CNC(=O)CCC(C)C.[V]. The van der Waals surface area contributed by atoms with Crippen LogP contribution in [0.3, 0.4) is 0 Å². The fraction of sp³-hybridized carbons (Fsp3) is 0.556. The number of rotatable bonds is 10. The second kappa shape index (κ2) is 13.0. The maximum atomic E-state index is 11.8. The molecule has 1 radical (unpaired) electrons. The summed E-state index contributed by atoms with van der Waals surface area (Å²) in [5, 5.41) is 12.5. The molecule has 6 nitrogen and oxygen atoms in total. The summed E-state index contributed by atoms with van der Waals surface area (Å²) in [4.78, 5) is 23.5. The standard InChI is InChI=1S/C18H26ClNO5.V/c1-12(2)4-7-17(22)20-9-15(10-21)25-18(23)11-24-16-6-5-14(19)8-13(16)3;/h5-6,8,12,15,21H,4,7,9-11H2,1-3H3,(H,20,22);. The molecule has 0 heterocycles. The Morgan fingerprint density at radius 3 is 2.58 bits per heavy atom. The number of amides is 1. The van der Waals surface area contributed by atoms with Crippen molar-refractivity contribution in [3.8, 4) is 5.75 Å². The molecule has 0 aliphatic heterocycles. The van der Waals surface area contributed by atoms with Crippen molar-refractivity contribution in [2.24, 2.45) is 5.92 Å². The van der Waals surface area contributed by atoms with E-state index in [1.165, 1.54) is 0 Å². The maximum Gasteiger partial charge on any atom is 0.344 e. The van der Waals surface area contributed by atoms with Gasteiger partial charge in [0.25, 0.3) is 0 Å². The normalized spacial score (nSPS) is 11.5. The molecule has 26 heavy (non-hydrogen) atoms. The molecule has 8 heteroatoms. The Kier molecular flexibility index (Phi) is 12.4. The number of carbonyl (C=O) groups excluding carboxylic acids is 2. The van der Waals surface area contributed by atoms with Crippen LogP contribution in [0.4, 0.5) is 0 Å². The summed E-state index contributed by atoms with van der Waals surface area (Å²) < 4.78 is 10.5. The first-order valence-electron chi connectivity index (χ1n) is 8.27. The number of carbonyl (C=O) groups is 2. The van der Waals surface area contributed by atoms with Crippen LogP contribution in [0.25, 0.3) is 0 Å². The first-order chi connectivity index (χ1) is 11.8. The Balaban J connectivity index is 0.00000625. The summed E-state index contributed by atoms with van der Waals surface area (Å²) in [6.07, 6.45) is 0.386. The number of aliphatic hydroxyl groups is 1. The van der Waals surface area contributed by atoms with Crippen LogP contribution in [-0.4, -0.2) is 42.8 Å². The molecule has 1 amide bonds. The molecule has 0 saturated carbocycles. The van der Waals surface area contributed by atoms with Crippen molar-refractivity contribution in [3.63, 3.8) is 0 Å². The molecule has 1 aromatic rings. The number of hydrogen-bond acceptors (Lipinski definition) is 5. The molecule has 1 rings (SSSR count). The molecule has 0 aliphatic carbocycles. The smallest absolute Gasteiger partial charge is 0.344 e. The number of aliphatic hydroxyl groups excluding tert-OH is 1. The van der Waals surface area contributed by atoms with Crippen molar-refractivity contribution in [1.29, 1.82) is 0 Å². The van der Waals surface area contributed by atoms with Crippen LogP contribution in [0, 0.1) is 12.8 Å². The van der Waals surface area contributed by atoms with Gasteiger partial charge in [0, 0.05) is 30.0 Å². The summed E-state index contributed by atoms with van der Waals surface area (Å²) in [5.41, 5.74) is 0.802. The molecule has 1 aromatic carbocycles. The van der Waals surface area contributed by atoms with Gasteiger partial charge in [-0.05, 0) is 43.0 Å². The predicted molar refractivity (Wildman–Crippen MR) is 95.7 cm³/mol. The minimum atomic E-state index is -0.801. The monoisotopic (exact) mass is 422 g/mol. The topological polar surface area (TPSA) is 84.9 Å². The van der Waals surface area contributed by atoms with Crippen LogP contribution >= 0.6 is 11.6 Å². The van der Waals surface area contributed by atoms with Crippen molar-refractivity contribution in [2.45, 2.75) is 39.7 Å². The van der Waals surface area contributed by atoms with Gasteiger partial charge in [0.1, 0.15) is 11.9 Å². The predicted octanol–water partition coefficient (Wildman–Crippen LogP) is 2.48. The van der Waals surface area contributed by atoms with E-state index >= 15 is 0 Å². The summed E-state index contributed by atoms with van der Waals surface area (Å²) in [6, 6.07) is 5.06. The van der Waals surface area contributed by atoms with Crippen LogP contribution < -0.4 is 10.1 Å². The van der Waals surface area contributed by atoms with E-state index in [0.717, 1.165) is 12.0 Å². The minimum absolute atomic E-state index is 0. The van der Waals surface area contributed by atoms with E-state index in [1.54, 1.807) is 18.2 Å². The van der Waals surface area contributed by atoms with Crippen molar-refractivity contribution in [1.82, 2.24) is 5.32 Å². The first kappa shape index (κ1) is 24.8. The average Bonchev–Trinajstić information content (AvgIpc) is 2.55. The van der Waals surface area contributed by atoms with Gasteiger partial charge in [0.15, 0.2) is 6.61 Å². The third-order valence-electron chi connectivity index (χ3n) is 3.46. The molecular weight excluding hydrogens is 397 g/mol. The first-order valence-corrected chi connectivity index (χ1v) is 8.65. The number of hydrogen-bond donors (Lipinski definition) is 2. The number of aryl methyl sites for hydroxylation is 1. The van der Waals surface area contributed by atoms with Crippen molar-refractivity contribution < 1.29 is 42.7 Å². The molecular formula is C18H26ClNO5V. The fourth-order valence-corrected chi connectivity index (χ4v) is 2.24. The van der Waals surface area contributed by atoms with Crippen molar-refractivity contribution >= 4 is 23.5 Å². The van der Waals surface area contributed by atoms with E-state index < -0.39 is 12.1 Å². The van der Waals surface area contributed by atoms with Gasteiger partial charge >= 0.3 is 5.97 Å². The zero-order valence-electron chi connectivity index (χ0n) is 15.3. The minimum Gasteiger partial charge on any atom is -0.482 e. The van der Waals surface area contributed by atoms with Gasteiger partial charge in [-0.2, -0.15) is 0 Å². The second-order valence-corrected chi connectivity index (χ2v) is 6.67. The van der Waals surface area contributed by atoms with E-state index in [4.69, 9.17) is 21.1 Å². The van der Waals surface area contributed by atoms with Crippen LogP contribution in [0.1, 0.15) is 32.3 Å². The molecule has 0 bridgehead atoms. The molecule has 0 aliphatic rings. The molecule has 1 atom stereocenters. The summed E-state index contributed by atoms with van der Waals surface area (Å²) in [5.74, 6) is 0.218. The summed E-state index contributed by atoms with van der Waals surface area (Å²) >= 11 is 5.86. The molecule has 0 fully saturated rings. The van der Waals surface area contributed by atoms with Gasteiger partial charge in [0.05, 0.1) is 13.2 Å². The van der Waals surface area contributed by atoms with Crippen molar-refractivity contribution in [3.05, 3.63) is 28.8 Å². The maximum absolute atomic E-state index is 11.8. The van der Waals surface area contributed by atoms with Gasteiger partial charge in [-0.25, -0.2) is 4.79 Å². The van der Waals surface area contributed by atoms with E-state index in [2.05, 4.69) is 5.32 Å². The molecule has 0 aromatic heterocycles. The molecule has 0 saturated heterocycles. The van der Waals surface area contributed by atoms with E-state index in [1.807, 2.05) is 20.8 Å². The van der Waals surface area contributed by atoms with Crippen LogP contribution in [-0.2, 0) is 32.9 Å². The largest absolute Gasteiger partial charge is 0.482 e. The zero-order chi connectivity index (χ0) is 18.8. The molecule has 0 spiro atoms. The quantitative estimate of drug-likeness (QED) is 0.566. The van der Waals surface area contributed by atoms with Gasteiger partial charge in [-0.1, -0.05) is 25.4 Å². The Hall–Kier alpha value is -1.21. The van der Waals surface area contributed by atoms with Gasteiger partial charge in [0.2, 0.25) is 5.91 Å². The van der Waals surface area contributed by atoms with E-state index in [-0.39, 0.29) is 44.2 Å². The van der Waals surface area contributed by atoms with Crippen LogP contribution in [0.15, 0.2) is 18.2 Å². The summed E-state index contributed by atoms with van der Waals surface area (Å²) in [7, 11) is 0. The van der Waals surface area contributed by atoms with E-state index in [0.29, 0.717) is 23.1 Å². The number of esters is 1. The number of ether oxygens (including phenoxy) is 2. The number of benzene rings is 1. The van der Waals surface area contributed by atoms with E-state index in [9.17, 15) is 14.7 Å². The van der Waals surface area contributed by atoms with Crippen molar-refractivity contribution in [2.75, 3.05) is 19.8 Å². The Bertz CT molecular complexity index is 583. The van der Waals surface area contributed by atoms with Gasteiger partial charge in [-0.3, -0.25) is 4.79 Å². The Morgan fingerprint density at radius 1 is 1.31 bits per heavy atom. The molecule has 1 unspecified atom stereocenters. The number of nitrogens with one attached hydrogen (secondary N) is 1. The summed E-state index contributed by atoms with van der Waals surface area (Å²) in [6.45, 7) is 5.29. The van der Waals surface area contributed by atoms with Crippen LogP contribution in [0.5, 0.6) is 5.75 Å². The zero-order valence-corrected chi connectivity index (χ0v) is 17.5. The Labute approximate surface area is 171 Å². The van der Waals surface area contributed by atoms with Gasteiger partial charge < -0.3 is 19.9 Å².